The van der Waals surface area contributed by atoms with Crippen molar-refractivity contribution < 1.29 is 4.42 Å². The van der Waals surface area contributed by atoms with Crippen LogP contribution in [0.1, 0.15) is 0 Å². The van der Waals surface area contributed by atoms with E-state index in [-0.39, 0.29) is 0 Å². The van der Waals surface area contributed by atoms with E-state index < -0.39 is 0 Å². The lowest BCUT2D eigenvalue weighted by atomic mass is 9.95. The summed E-state index contributed by atoms with van der Waals surface area (Å²) in [6.45, 7) is 0. The van der Waals surface area contributed by atoms with Crippen LogP contribution in [0.5, 0.6) is 0 Å². The van der Waals surface area contributed by atoms with Crippen molar-refractivity contribution in [3.8, 4) is 44.5 Å². The van der Waals surface area contributed by atoms with E-state index in [1.54, 1.807) is 0 Å². The van der Waals surface area contributed by atoms with E-state index in [4.69, 9.17) is 4.42 Å². The molecule has 0 aliphatic rings. The van der Waals surface area contributed by atoms with Gasteiger partial charge in [-0.1, -0.05) is 182 Å². The molecule has 0 N–H and O–H groups in total. The molecule has 58 heavy (non-hydrogen) atoms. The molecule has 0 aliphatic carbocycles. The highest BCUT2D eigenvalue weighted by Crippen LogP contribution is 2.44. The Bertz CT molecular complexity index is 3290. The van der Waals surface area contributed by atoms with Gasteiger partial charge in [-0.25, -0.2) is 0 Å². The predicted octanol–water partition coefficient (Wildman–Crippen LogP) is 16.0. The zero-order chi connectivity index (χ0) is 38.4. The van der Waals surface area contributed by atoms with E-state index in [1.807, 2.05) is 12.1 Å². The van der Waals surface area contributed by atoms with Crippen LogP contribution in [0.15, 0.2) is 229 Å². The van der Waals surface area contributed by atoms with E-state index in [2.05, 4.69) is 217 Å². The lowest BCUT2D eigenvalue weighted by molar-refractivity contribution is 0.670. The Hall–Kier alpha value is -7.68. The Morgan fingerprint density at radius 1 is 0.293 bits per heavy atom. The Labute approximate surface area is 337 Å². The first-order valence-corrected chi connectivity index (χ1v) is 19.8. The van der Waals surface area contributed by atoms with Crippen molar-refractivity contribution in [3.63, 3.8) is 0 Å². The van der Waals surface area contributed by atoms with Gasteiger partial charge in [-0.15, -0.1) is 0 Å². The first kappa shape index (κ1) is 33.6. The minimum atomic E-state index is 0.908. The molecule has 2 nitrogen and oxygen atoms in total. The average molecular weight is 740 g/mol. The predicted molar refractivity (Wildman–Crippen MR) is 245 cm³/mol. The zero-order valence-corrected chi connectivity index (χ0v) is 31.7. The molecule has 0 atom stereocenters. The lowest BCUT2D eigenvalue weighted by Crippen LogP contribution is -2.11. The fourth-order valence-electron chi connectivity index (χ4n) is 8.72. The molecule has 0 saturated heterocycles. The topological polar surface area (TPSA) is 16.4 Å². The molecule has 0 unspecified atom stereocenters. The summed E-state index contributed by atoms with van der Waals surface area (Å²) < 4.78 is 6.43. The van der Waals surface area contributed by atoms with E-state index in [0.717, 1.165) is 61.3 Å². The van der Waals surface area contributed by atoms with E-state index in [1.165, 1.54) is 43.8 Å². The van der Waals surface area contributed by atoms with Gasteiger partial charge >= 0.3 is 0 Å². The highest BCUT2D eigenvalue weighted by molar-refractivity contribution is 6.10. The highest BCUT2D eigenvalue weighted by Gasteiger charge is 2.20. The van der Waals surface area contributed by atoms with E-state index in [9.17, 15) is 0 Å². The van der Waals surface area contributed by atoms with Gasteiger partial charge in [0, 0.05) is 33.3 Å². The third-order valence-corrected chi connectivity index (χ3v) is 11.5. The van der Waals surface area contributed by atoms with Gasteiger partial charge in [0.15, 0.2) is 0 Å². The molecule has 0 saturated carbocycles. The second-order valence-corrected chi connectivity index (χ2v) is 14.9. The van der Waals surface area contributed by atoms with Gasteiger partial charge in [-0.3, -0.25) is 0 Å². The monoisotopic (exact) mass is 739 g/mol. The molecule has 2 heteroatoms. The molecule has 1 heterocycles. The third-order valence-electron chi connectivity index (χ3n) is 11.5. The summed E-state index contributed by atoms with van der Waals surface area (Å²) in [6, 6.07) is 80.7. The Morgan fingerprint density at radius 2 is 0.828 bits per heavy atom. The number of rotatable bonds is 7. The fourth-order valence-corrected chi connectivity index (χ4v) is 8.72. The summed E-state index contributed by atoms with van der Waals surface area (Å²) in [5.74, 6) is 0. The molecule has 11 aromatic rings. The number of hydrogen-bond donors (Lipinski definition) is 0. The molecular weight excluding hydrogens is 703 g/mol. The van der Waals surface area contributed by atoms with Crippen LogP contribution in [0, 0.1) is 0 Å². The Balaban J connectivity index is 1.04. The summed E-state index contributed by atoms with van der Waals surface area (Å²) in [7, 11) is 0. The number of hydrogen-bond acceptors (Lipinski definition) is 2. The van der Waals surface area contributed by atoms with Crippen LogP contribution in [0.2, 0.25) is 0 Å². The first-order valence-electron chi connectivity index (χ1n) is 19.8. The van der Waals surface area contributed by atoms with Gasteiger partial charge in [0.1, 0.15) is 11.2 Å². The number of fused-ring (bicyclic) bond motifs is 5. The van der Waals surface area contributed by atoms with Crippen LogP contribution in [-0.4, -0.2) is 0 Å². The fraction of sp³-hybridized carbons (Fsp3) is 0. The largest absolute Gasteiger partial charge is 0.455 e. The van der Waals surface area contributed by atoms with Gasteiger partial charge in [0.2, 0.25) is 0 Å². The number of furan rings is 1. The standard InChI is InChI=1S/C56H37NO/c1-3-22-46-39(14-1)16-11-26-48(46)43-20-10-21-45(37-43)57(54-30-7-5-24-51(54)50-28-12-17-40-15-2-4-23-47(40)50)44-34-32-38(33-35-44)41-18-9-19-42(36-41)49-27-13-29-53-52-25-6-8-31-55(52)58-56(49)53/h1-37H. The van der Waals surface area contributed by atoms with Crippen molar-refractivity contribution in [2.75, 3.05) is 4.90 Å². The van der Waals surface area contributed by atoms with Gasteiger partial charge in [-0.2, -0.15) is 0 Å². The van der Waals surface area contributed by atoms with Crippen molar-refractivity contribution in [3.05, 3.63) is 224 Å². The second kappa shape index (κ2) is 14.1. The normalized spacial score (nSPS) is 11.4. The summed E-state index contributed by atoms with van der Waals surface area (Å²) in [5, 5.41) is 7.21. The van der Waals surface area contributed by atoms with Crippen molar-refractivity contribution in [2.45, 2.75) is 0 Å². The Kier molecular flexibility index (Phi) is 8.19. The number of benzene rings is 10. The molecule has 0 bridgehead atoms. The lowest BCUT2D eigenvalue weighted by Gasteiger charge is -2.29. The van der Waals surface area contributed by atoms with Gasteiger partial charge in [0.05, 0.1) is 5.69 Å². The maximum absolute atomic E-state index is 6.43. The van der Waals surface area contributed by atoms with E-state index >= 15 is 0 Å². The molecule has 0 aliphatic heterocycles. The van der Waals surface area contributed by atoms with E-state index in [0.29, 0.717) is 0 Å². The zero-order valence-electron chi connectivity index (χ0n) is 31.7. The summed E-state index contributed by atoms with van der Waals surface area (Å²) in [6.07, 6.45) is 0. The van der Waals surface area contributed by atoms with Crippen LogP contribution in [0.4, 0.5) is 17.1 Å². The summed E-state index contributed by atoms with van der Waals surface area (Å²) in [5.41, 5.74) is 14.4. The van der Waals surface area contributed by atoms with Crippen molar-refractivity contribution >= 4 is 60.5 Å². The molecule has 0 amide bonds. The molecule has 11 rings (SSSR count). The Morgan fingerprint density at radius 3 is 1.64 bits per heavy atom. The molecule has 272 valence electrons. The molecular formula is C56H37NO. The minimum absolute atomic E-state index is 0.908. The van der Waals surface area contributed by atoms with Crippen LogP contribution >= 0.6 is 0 Å². The average Bonchev–Trinajstić information content (AvgIpc) is 3.68. The number of para-hydroxylation sites is 3. The molecule has 1 aromatic heterocycles. The molecule has 0 spiro atoms. The van der Waals surface area contributed by atoms with Gasteiger partial charge in [0.25, 0.3) is 0 Å². The number of anilines is 3. The first-order chi connectivity index (χ1) is 28.8. The summed E-state index contributed by atoms with van der Waals surface area (Å²) in [4.78, 5) is 2.41. The molecule has 0 radical (unpaired) electrons. The minimum Gasteiger partial charge on any atom is -0.455 e. The molecule has 0 fully saturated rings. The van der Waals surface area contributed by atoms with Crippen molar-refractivity contribution in [2.24, 2.45) is 0 Å². The second-order valence-electron chi connectivity index (χ2n) is 14.9. The number of nitrogens with zero attached hydrogens (tertiary/aromatic N) is 1. The quantitative estimate of drug-likeness (QED) is 0.162. The maximum atomic E-state index is 6.43. The smallest absolute Gasteiger partial charge is 0.143 e. The van der Waals surface area contributed by atoms with Crippen LogP contribution < -0.4 is 4.90 Å². The third kappa shape index (κ3) is 5.82. The van der Waals surface area contributed by atoms with Gasteiger partial charge < -0.3 is 9.32 Å². The van der Waals surface area contributed by atoms with Crippen molar-refractivity contribution in [1.82, 2.24) is 0 Å². The summed E-state index contributed by atoms with van der Waals surface area (Å²) >= 11 is 0. The maximum Gasteiger partial charge on any atom is 0.143 e. The van der Waals surface area contributed by atoms with Crippen molar-refractivity contribution in [1.29, 1.82) is 0 Å². The van der Waals surface area contributed by atoms with Crippen LogP contribution in [0.25, 0.3) is 88.0 Å². The van der Waals surface area contributed by atoms with Crippen LogP contribution in [-0.2, 0) is 0 Å². The molecule has 10 aromatic carbocycles. The highest BCUT2D eigenvalue weighted by atomic mass is 16.3. The van der Waals surface area contributed by atoms with Crippen LogP contribution in [0.3, 0.4) is 0 Å². The van der Waals surface area contributed by atoms with Gasteiger partial charge in [-0.05, 0) is 97.4 Å². The SMILES string of the molecule is c1cc(-c2ccc(N(c3cccc(-c4cccc5ccccc45)c3)c3ccccc3-c3cccc4ccccc34)cc2)cc(-c2cccc3c2oc2ccccc23)c1.